The highest BCUT2D eigenvalue weighted by Crippen LogP contribution is 2.29. The summed E-state index contributed by atoms with van der Waals surface area (Å²) in [6.07, 6.45) is 2.01. The second-order valence-corrected chi connectivity index (χ2v) is 11.0. The molecule has 0 radical (unpaired) electrons. The zero-order valence-corrected chi connectivity index (χ0v) is 21.3. The number of likely N-dealkylation sites (N-methyl/N-ethyl adjacent to an activating group) is 1. The van der Waals surface area contributed by atoms with Crippen LogP contribution >= 0.6 is 23.2 Å². The number of carbonyl (C=O) groups is 1. The number of amides is 1. The zero-order valence-electron chi connectivity index (χ0n) is 18.9. The van der Waals surface area contributed by atoms with E-state index in [1.807, 2.05) is 0 Å². The fraction of sp³-hybridized carbons (Fsp3) is 0.435. The minimum Gasteiger partial charge on any atom is -0.352 e. The monoisotopic (exact) mass is 512 g/mol. The molecule has 1 N–H and O–H groups in total. The molecule has 1 heterocycles. The molecule has 0 unspecified atom stereocenters. The molecule has 1 fully saturated rings. The van der Waals surface area contributed by atoms with Crippen LogP contribution < -0.4 is 9.62 Å². The third-order valence-electron chi connectivity index (χ3n) is 5.71. The van der Waals surface area contributed by atoms with E-state index in [1.54, 1.807) is 42.5 Å². The topological polar surface area (TPSA) is 73.0 Å². The molecule has 1 saturated heterocycles. The molecule has 2 aromatic rings. The Morgan fingerprint density at radius 2 is 1.64 bits per heavy atom. The van der Waals surface area contributed by atoms with Crippen LogP contribution in [0.2, 0.25) is 10.0 Å². The number of halogens is 2. The van der Waals surface area contributed by atoms with Crippen LogP contribution in [0.3, 0.4) is 0 Å². The molecule has 10 heteroatoms. The first-order chi connectivity index (χ1) is 15.6. The average Bonchev–Trinajstić information content (AvgIpc) is 2.77. The standard InChI is InChI=1S/C23H30Cl2N4O3S/c1-27-13-15-28(16-14-27)12-4-11-26-23(30)18-7-9-19(10-8-18)29(33(2,31)32)17-20-21(24)5-3-6-22(20)25/h3,5-10H,4,11-17H2,1-2H3,(H,26,30). The number of piperazine rings is 1. The molecule has 1 amide bonds. The van der Waals surface area contributed by atoms with Crippen LogP contribution in [0.1, 0.15) is 22.3 Å². The number of nitrogens with one attached hydrogen (secondary N) is 1. The van der Waals surface area contributed by atoms with E-state index in [0.717, 1.165) is 45.4 Å². The predicted molar refractivity (Wildman–Crippen MR) is 135 cm³/mol. The molecule has 0 spiro atoms. The van der Waals surface area contributed by atoms with Gasteiger partial charge in [0.25, 0.3) is 5.91 Å². The van der Waals surface area contributed by atoms with Gasteiger partial charge in [-0.25, -0.2) is 8.42 Å². The lowest BCUT2D eigenvalue weighted by Crippen LogP contribution is -2.45. The highest BCUT2D eigenvalue weighted by molar-refractivity contribution is 7.92. The van der Waals surface area contributed by atoms with Crippen LogP contribution in [0.5, 0.6) is 0 Å². The SMILES string of the molecule is CN1CCN(CCCNC(=O)c2ccc(N(Cc3c(Cl)cccc3Cl)S(C)(=O)=O)cc2)CC1. The predicted octanol–water partition coefficient (Wildman–Crippen LogP) is 3.33. The van der Waals surface area contributed by atoms with Gasteiger partial charge in [-0.2, -0.15) is 0 Å². The van der Waals surface area contributed by atoms with Crippen molar-refractivity contribution < 1.29 is 13.2 Å². The Labute approximate surface area is 206 Å². The number of anilines is 1. The maximum atomic E-state index is 12.5. The molecular formula is C23H30Cl2N4O3S. The van der Waals surface area contributed by atoms with E-state index in [0.29, 0.717) is 33.4 Å². The molecular weight excluding hydrogens is 483 g/mol. The molecule has 3 rings (SSSR count). The van der Waals surface area contributed by atoms with Gasteiger partial charge in [0.1, 0.15) is 0 Å². The van der Waals surface area contributed by atoms with Crippen LogP contribution in [0.15, 0.2) is 42.5 Å². The third kappa shape index (κ3) is 7.32. The molecule has 0 saturated carbocycles. The van der Waals surface area contributed by atoms with Gasteiger partial charge in [-0.05, 0) is 56.4 Å². The Kier molecular flexibility index (Phi) is 9.01. The second kappa shape index (κ2) is 11.5. The van der Waals surface area contributed by atoms with Gasteiger partial charge in [-0.15, -0.1) is 0 Å². The van der Waals surface area contributed by atoms with Crippen molar-refractivity contribution in [2.24, 2.45) is 0 Å². The van der Waals surface area contributed by atoms with Gasteiger partial charge in [0, 0.05) is 53.9 Å². The van der Waals surface area contributed by atoms with Gasteiger partial charge < -0.3 is 15.1 Å². The number of nitrogens with zero attached hydrogens (tertiary/aromatic N) is 3. The third-order valence-corrected chi connectivity index (χ3v) is 7.56. The summed E-state index contributed by atoms with van der Waals surface area (Å²) in [6.45, 7) is 5.81. The maximum absolute atomic E-state index is 12.5. The summed E-state index contributed by atoms with van der Waals surface area (Å²) in [4.78, 5) is 17.2. The number of benzene rings is 2. The van der Waals surface area contributed by atoms with E-state index in [4.69, 9.17) is 23.2 Å². The molecule has 0 bridgehead atoms. The minimum atomic E-state index is -3.61. The molecule has 0 aliphatic carbocycles. The highest BCUT2D eigenvalue weighted by Gasteiger charge is 2.21. The Bertz CT molecular complexity index is 1040. The summed E-state index contributed by atoms with van der Waals surface area (Å²) in [7, 11) is -1.48. The Morgan fingerprint density at radius 3 is 2.21 bits per heavy atom. The summed E-state index contributed by atoms with van der Waals surface area (Å²) in [5.74, 6) is -0.181. The summed E-state index contributed by atoms with van der Waals surface area (Å²) < 4.78 is 26.1. The van der Waals surface area contributed by atoms with Gasteiger partial charge in [0.15, 0.2) is 0 Å². The maximum Gasteiger partial charge on any atom is 0.251 e. The van der Waals surface area contributed by atoms with E-state index < -0.39 is 10.0 Å². The lowest BCUT2D eigenvalue weighted by molar-refractivity contribution is 0.0949. The molecule has 180 valence electrons. The molecule has 0 atom stereocenters. The number of sulfonamides is 1. The van der Waals surface area contributed by atoms with Crippen molar-refractivity contribution in [1.29, 1.82) is 0 Å². The van der Waals surface area contributed by atoms with Gasteiger partial charge in [0.05, 0.1) is 18.5 Å². The van der Waals surface area contributed by atoms with Gasteiger partial charge in [0.2, 0.25) is 10.0 Å². The lowest BCUT2D eigenvalue weighted by Gasteiger charge is -2.32. The molecule has 1 aliphatic heterocycles. The van der Waals surface area contributed by atoms with E-state index in [-0.39, 0.29) is 12.5 Å². The van der Waals surface area contributed by atoms with E-state index in [2.05, 4.69) is 22.2 Å². The van der Waals surface area contributed by atoms with Crippen LogP contribution in [-0.2, 0) is 16.6 Å². The first-order valence-electron chi connectivity index (χ1n) is 10.8. The van der Waals surface area contributed by atoms with Crippen molar-refractivity contribution in [3.8, 4) is 0 Å². The highest BCUT2D eigenvalue weighted by atomic mass is 35.5. The van der Waals surface area contributed by atoms with Crippen molar-refractivity contribution >= 4 is 44.8 Å². The minimum absolute atomic E-state index is 0.00479. The zero-order chi connectivity index (χ0) is 24.0. The first kappa shape index (κ1) is 25.8. The summed E-state index contributed by atoms with van der Waals surface area (Å²) in [5, 5.41) is 3.72. The second-order valence-electron chi connectivity index (χ2n) is 8.27. The van der Waals surface area contributed by atoms with E-state index in [9.17, 15) is 13.2 Å². The first-order valence-corrected chi connectivity index (χ1v) is 13.5. The quantitative estimate of drug-likeness (QED) is 0.521. The summed E-state index contributed by atoms with van der Waals surface area (Å²) in [6, 6.07) is 11.5. The number of hydrogen-bond acceptors (Lipinski definition) is 5. The summed E-state index contributed by atoms with van der Waals surface area (Å²) in [5.41, 5.74) is 1.43. The van der Waals surface area contributed by atoms with Gasteiger partial charge in [-0.3, -0.25) is 9.10 Å². The summed E-state index contributed by atoms with van der Waals surface area (Å²) >= 11 is 12.5. The van der Waals surface area contributed by atoms with Crippen molar-refractivity contribution in [2.45, 2.75) is 13.0 Å². The Hall–Kier alpha value is -1.84. The van der Waals surface area contributed by atoms with Crippen LogP contribution in [0, 0.1) is 0 Å². The average molecular weight is 513 g/mol. The molecule has 7 nitrogen and oxygen atoms in total. The van der Waals surface area contributed by atoms with Gasteiger partial charge >= 0.3 is 0 Å². The fourth-order valence-corrected chi connectivity index (χ4v) is 5.07. The van der Waals surface area contributed by atoms with Gasteiger partial charge in [-0.1, -0.05) is 29.3 Å². The molecule has 33 heavy (non-hydrogen) atoms. The van der Waals surface area contributed by atoms with Crippen molar-refractivity contribution in [2.75, 3.05) is 56.9 Å². The van der Waals surface area contributed by atoms with E-state index >= 15 is 0 Å². The van der Waals surface area contributed by atoms with E-state index in [1.165, 1.54) is 4.31 Å². The Balaban J connectivity index is 1.59. The van der Waals surface area contributed by atoms with Crippen LogP contribution in [-0.4, -0.2) is 76.7 Å². The molecule has 0 aromatic heterocycles. The normalized spacial score (nSPS) is 15.4. The largest absolute Gasteiger partial charge is 0.352 e. The van der Waals surface area contributed by atoms with Crippen molar-refractivity contribution in [3.05, 3.63) is 63.6 Å². The van der Waals surface area contributed by atoms with Crippen molar-refractivity contribution in [1.82, 2.24) is 15.1 Å². The number of hydrogen-bond donors (Lipinski definition) is 1. The number of carbonyl (C=O) groups excluding carboxylic acids is 1. The fourth-order valence-electron chi connectivity index (χ4n) is 3.68. The Morgan fingerprint density at radius 1 is 1.03 bits per heavy atom. The van der Waals surface area contributed by atoms with Crippen LogP contribution in [0.4, 0.5) is 5.69 Å². The smallest absolute Gasteiger partial charge is 0.251 e. The molecule has 1 aliphatic rings. The van der Waals surface area contributed by atoms with Crippen LogP contribution in [0.25, 0.3) is 0 Å². The molecule has 2 aromatic carbocycles. The van der Waals surface area contributed by atoms with Crippen molar-refractivity contribution in [3.63, 3.8) is 0 Å². The lowest BCUT2D eigenvalue weighted by atomic mass is 10.1. The number of rotatable bonds is 9.